The molecule has 0 saturated carbocycles. The molecule has 1 heterocycles. The van der Waals surface area contributed by atoms with Crippen molar-refractivity contribution >= 4 is 21.6 Å². The maximum absolute atomic E-state index is 9.94. The Kier molecular flexibility index (Phi) is 5.87. The monoisotopic (exact) mass is 340 g/mol. The number of nitrogens with zero attached hydrogens (tertiary/aromatic N) is 1. The number of hydrogen-bond donors (Lipinski definition) is 2. The first-order valence-electron chi connectivity index (χ1n) is 7.55. The van der Waals surface area contributed by atoms with Crippen LogP contribution in [0.2, 0.25) is 0 Å². The normalized spacial score (nSPS) is 24.4. The van der Waals surface area contributed by atoms with E-state index in [9.17, 15) is 5.11 Å². The Balaban J connectivity index is 2.08. The van der Waals surface area contributed by atoms with Gasteiger partial charge in [-0.1, -0.05) is 19.1 Å². The Morgan fingerprint density at radius 3 is 2.80 bits per heavy atom. The zero-order valence-corrected chi connectivity index (χ0v) is 13.8. The van der Waals surface area contributed by atoms with Gasteiger partial charge in [-0.3, -0.25) is 0 Å². The Labute approximate surface area is 130 Å². The van der Waals surface area contributed by atoms with Crippen molar-refractivity contribution < 1.29 is 5.11 Å². The summed E-state index contributed by atoms with van der Waals surface area (Å²) in [6.07, 6.45) is 4.34. The Morgan fingerprint density at radius 1 is 1.30 bits per heavy atom. The molecule has 2 N–H and O–H groups in total. The van der Waals surface area contributed by atoms with Gasteiger partial charge in [-0.2, -0.15) is 0 Å². The Morgan fingerprint density at radius 2 is 2.10 bits per heavy atom. The molecule has 1 unspecified atom stereocenters. The molecule has 4 heteroatoms. The molecule has 0 amide bonds. The summed E-state index contributed by atoms with van der Waals surface area (Å²) in [6.45, 7) is 5.79. The van der Waals surface area contributed by atoms with Crippen LogP contribution in [0.5, 0.6) is 0 Å². The van der Waals surface area contributed by atoms with E-state index >= 15 is 0 Å². The van der Waals surface area contributed by atoms with Crippen molar-refractivity contribution in [3.8, 4) is 0 Å². The van der Waals surface area contributed by atoms with Crippen LogP contribution < -0.4 is 5.32 Å². The highest BCUT2D eigenvalue weighted by Gasteiger charge is 2.32. The van der Waals surface area contributed by atoms with Crippen LogP contribution >= 0.6 is 15.9 Å². The maximum Gasteiger partial charge on any atom is 0.0662 e. The van der Waals surface area contributed by atoms with Crippen LogP contribution in [0.3, 0.4) is 0 Å². The number of likely N-dealkylation sites (tertiary alicyclic amines) is 1. The minimum absolute atomic E-state index is 0.188. The third-order valence-corrected chi connectivity index (χ3v) is 4.84. The second-order valence-electron chi connectivity index (χ2n) is 5.74. The van der Waals surface area contributed by atoms with Crippen LogP contribution in [0, 0.1) is 0 Å². The van der Waals surface area contributed by atoms with E-state index in [1.807, 2.05) is 18.2 Å². The van der Waals surface area contributed by atoms with Crippen LogP contribution in [-0.2, 0) is 0 Å². The molecule has 0 bridgehead atoms. The first-order chi connectivity index (χ1) is 9.69. The average molecular weight is 341 g/mol. The fourth-order valence-electron chi connectivity index (χ4n) is 2.96. The molecule has 3 nitrogen and oxygen atoms in total. The quantitative estimate of drug-likeness (QED) is 0.861. The van der Waals surface area contributed by atoms with Gasteiger partial charge in [0.05, 0.1) is 12.1 Å². The summed E-state index contributed by atoms with van der Waals surface area (Å²) in [5, 5.41) is 13.5. The van der Waals surface area contributed by atoms with Gasteiger partial charge in [-0.15, -0.1) is 0 Å². The van der Waals surface area contributed by atoms with Crippen molar-refractivity contribution in [2.75, 3.05) is 31.6 Å². The highest BCUT2D eigenvalue weighted by Crippen LogP contribution is 2.30. The highest BCUT2D eigenvalue weighted by atomic mass is 79.9. The van der Waals surface area contributed by atoms with E-state index in [0.29, 0.717) is 0 Å². The topological polar surface area (TPSA) is 35.5 Å². The fraction of sp³-hybridized carbons (Fsp3) is 0.625. The minimum atomic E-state index is -0.188. The van der Waals surface area contributed by atoms with Gasteiger partial charge in [0.2, 0.25) is 0 Å². The molecule has 2 rings (SSSR count). The molecule has 0 radical (unpaired) electrons. The molecule has 0 aliphatic carbocycles. The predicted molar refractivity (Wildman–Crippen MR) is 88.2 cm³/mol. The summed E-state index contributed by atoms with van der Waals surface area (Å²) >= 11 is 3.58. The summed E-state index contributed by atoms with van der Waals surface area (Å²) in [4.78, 5) is 2.51. The number of rotatable bonds is 5. The number of aliphatic hydroxyl groups excluding tert-OH is 1. The van der Waals surface area contributed by atoms with E-state index < -0.39 is 0 Å². The summed E-state index contributed by atoms with van der Waals surface area (Å²) in [7, 11) is 0. The van der Waals surface area contributed by atoms with Gasteiger partial charge in [0, 0.05) is 16.7 Å². The van der Waals surface area contributed by atoms with Gasteiger partial charge in [0.15, 0.2) is 0 Å². The Hall–Kier alpha value is -0.580. The Bertz CT molecular complexity index is 427. The lowest BCUT2D eigenvalue weighted by atomic mass is 9.91. The number of nitrogens with one attached hydrogen (secondary N) is 1. The van der Waals surface area contributed by atoms with Crippen molar-refractivity contribution in [3.63, 3.8) is 0 Å². The van der Waals surface area contributed by atoms with Gasteiger partial charge in [-0.25, -0.2) is 0 Å². The molecule has 1 fully saturated rings. The number of halogens is 1. The average Bonchev–Trinajstić information content (AvgIpc) is 2.66. The number of hydrogen-bond acceptors (Lipinski definition) is 3. The van der Waals surface area contributed by atoms with Crippen LogP contribution in [0.4, 0.5) is 5.69 Å². The molecule has 0 aromatic heterocycles. The van der Waals surface area contributed by atoms with E-state index in [0.717, 1.165) is 49.1 Å². The van der Waals surface area contributed by atoms with Crippen molar-refractivity contribution in [3.05, 3.63) is 28.7 Å². The van der Waals surface area contributed by atoms with Crippen LogP contribution in [0.15, 0.2) is 28.7 Å². The number of para-hydroxylation sites is 1. The molecule has 0 spiro atoms. The third-order valence-electron chi connectivity index (χ3n) is 4.15. The summed E-state index contributed by atoms with van der Waals surface area (Å²) in [5.41, 5.74) is 0.886. The van der Waals surface area contributed by atoms with E-state index in [1.54, 1.807) is 0 Å². The van der Waals surface area contributed by atoms with Gasteiger partial charge in [0.1, 0.15) is 0 Å². The van der Waals surface area contributed by atoms with E-state index in [1.165, 1.54) is 6.42 Å². The molecule has 1 aliphatic heterocycles. The van der Waals surface area contributed by atoms with Gasteiger partial charge >= 0.3 is 0 Å². The first kappa shape index (κ1) is 15.8. The highest BCUT2D eigenvalue weighted by molar-refractivity contribution is 9.10. The SMILES string of the molecule is CCCN1CCCC(CO)(Nc2ccccc2Br)CC1. The van der Waals surface area contributed by atoms with E-state index in [-0.39, 0.29) is 12.1 Å². The molecule has 1 aromatic rings. The lowest BCUT2D eigenvalue weighted by Crippen LogP contribution is -2.43. The standard InChI is InChI=1S/C16H25BrN2O/c1-2-10-19-11-5-8-16(13-20,9-12-19)18-15-7-4-3-6-14(15)17/h3-4,6-7,18,20H,2,5,8-13H2,1H3. The molecule has 1 saturated heterocycles. The second-order valence-corrected chi connectivity index (χ2v) is 6.59. The van der Waals surface area contributed by atoms with Gasteiger partial charge < -0.3 is 15.3 Å². The summed E-state index contributed by atoms with van der Waals surface area (Å²) in [5.74, 6) is 0. The summed E-state index contributed by atoms with van der Waals surface area (Å²) < 4.78 is 1.06. The van der Waals surface area contributed by atoms with Gasteiger partial charge in [0.25, 0.3) is 0 Å². The zero-order valence-electron chi connectivity index (χ0n) is 12.2. The minimum Gasteiger partial charge on any atom is -0.394 e. The summed E-state index contributed by atoms with van der Waals surface area (Å²) in [6, 6.07) is 8.14. The van der Waals surface area contributed by atoms with Crippen LogP contribution in [0.1, 0.15) is 32.6 Å². The smallest absolute Gasteiger partial charge is 0.0662 e. The first-order valence-corrected chi connectivity index (χ1v) is 8.34. The van der Waals surface area contributed by atoms with Crippen molar-refractivity contribution in [1.82, 2.24) is 4.90 Å². The second kappa shape index (κ2) is 7.43. The number of aliphatic hydroxyl groups is 1. The molecule has 1 aromatic carbocycles. The zero-order chi connectivity index (χ0) is 14.4. The molecule has 1 aliphatic rings. The molecular formula is C16H25BrN2O. The molecule has 112 valence electrons. The van der Waals surface area contributed by atoms with Crippen LogP contribution in [0.25, 0.3) is 0 Å². The third kappa shape index (κ3) is 3.96. The molecular weight excluding hydrogens is 316 g/mol. The lowest BCUT2D eigenvalue weighted by Gasteiger charge is -2.33. The van der Waals surface area contributed by atoms with Crippen LogP contribution in [-0.4, -0.2) is 41.8 Å². The van der Waals surface area contributed by atoms with E-state index in [4.69, 9.17) is 0 Å². The number of anilines is 1. The van der Waals surface area contributed by atoms with E-state index in [2.05, 4.69) is 39.1 Å². The molecule has 20 heavy (non-hydrogen) atoms. The van der Waals surface area contributed by atoms with Gasteiger partial charge in [-0.05, 0) is 66.8 Å². The predicted octanol–water partition coefficient (Wildman–Crippen LogP) is 3.49. The molecule has 1 atom stereocenters. The van der Waals surface area contributed by atoms with Crippen molar-refractivity contribution in [2.24, 2.45) is 0 Å². The number of benzene rings is 1. The van der Waals surface area contributed by atoms with Crippen molar-refractivity contribution in [1.29, 1.82) is 0 Å². The van der Waals surface area contributed by atoms with Crippen molar-refractivity contribution in [2.45, 2.75) is 38.1 Å². The lowest BCUT2D eigenvalue weighted by molar-refractivity contribution is 0.192. The maximum atomic E-state index is 9.94. The largest absolute Gasteiger partial charge is 0.394 e. The fourth-order valence-corrected chi connectivity index (χ4v) is 3.34.